The first-order chi connectivity index (χ1) is 10.1. The molecule has 0 aliphatic rings. The van der Waals surface area contributed by atoms with E-state index in [0.717, 1.165) is 5.65 Å². The Bertz CT molecular complexity index is 785. The normalized spacial score (nSPS) is 12.5. The summed E-state index contributed by atoms with van der Waals surface area (Å²) in [5.74, 6) is 0.945. The molecule has 0 radical (unpaired) electrons. The van der Waals surface area contributed by atoms with Gasteiger partial charge in [-0.3, -0.25) is 9.20 Å². The maximum Gasteiger partial charge on any atom is 0.257 e. The standard InChI is InChI=1S/C14H15N5O2/c1-8-12(10(3)21-18-8)14(20)15-9(2)13-17-16-11-6-4-5-7-19(11)13/h4-7,9H,1-3H3,(H,15,20)/t9-/m1/s1. The van der Waals surface area contributed by atoms with Gasteiger partial charge >= 0.3 is 0 Å². The Morgan fingerprint density at radius 2 is 2.14 bits per heavy atom. The maximum absolute atomic E-state index is 12.3. The highest BCUT2D eigenvalue weighted by atomic mass is 16.5. The molecule has 21 heavy (non-hydrogen) atoms. The first-order valence-electron chi connectivity index (χ1n) is 6.61. The summed E-state index contributed by atoms with van der Waals surface area (Å²) in [6.45, 7) is 5.31. The third-order valence-electron chi connectivity index (χ3n) is 3.34. The number of amides is 1. The maximum atomic E-state index is 12.3. The summed E-state index contributed by atoms with van der Waals surface area (Å²) >= 11 is 0. The fourth-order valence-electron chi connectivity index (χ4n) is 2.30. The van der Waals surface area contributed by atoms with Gasteiger partial charge in [-0.05, 0) is 32.9 Å². The second-order valence-electron chi connectivity index (χ2n) is 4.88. The molecule has 0 aromatic carbocycles. The predicted molar refractivity (Wildman–Crippen MR) is 74.8 cm³/mol. The number of pyridine rings is 1. The van der Waals surface area contributed by atoms with Crippen molar-refractivity contribution in [3.8, 4) is 0 Å². The quantitative estimate of drug-likeness (QED) is 0.793. The zero-order chi connectivity index (χ0) is 15.0. The Balaban J connectivity index is 1.86. The van der Waals surface area contributed by atoms with Gasteiger partial charge < -0.3 is 9.84 Å². The van der Waals surface area contributed by atoms with Crippen molar-refractivity contribution >= 4 is 11.6 Å². The molecule has 0 bridgehead atoms. The number of nitrogens with zero attached hydrogens (tertiary/aromatic N) is 4. The number of fused-ring (bicyclic) bond motifs is 1. The number of hydrogen-bond donors (Lipinski definition) is 1. The van der Waals surface area contributed by atoms with Gasteiger partial charge in [0.25, 0.3) is 5.91 Å². The van der Waals surface area contributed by atoms with Crippen molar-refractivity contribution in [2.24, 2.45) is 0 Å². The highest BCUT2D eigenvalue weighted by Crippen LogP contribution is 2.16. The van der Waals surface area contributed by atoms with E-state index in [9.17, 15) is 4.79 Å². The van der Waals surface area contributed by atoms with Crippen molar-refractivity contribution < 1.29 is 9.32 Å². The fraction of sp³-hybridized carbons (Fsp3) is 0.286. The molecular formula is C14H15N5O2. The molecule has 0 fully saturated rings. The second kappa shape index (κ2) is 5.01. The Morgan fingerprint density at radius 1 is 1.33 bits per heavy atom. The van der Waals surface area contributed by atoms with Crippen LogP contribution in [0.4, 0.5) is 0 Å². The van der Waals surface area contributed by atoms with Crippen LogP contribution in [0.1, 0.15) is 40.6 Å². The molecule has 0 saturated heterocycles. The number of rotatable bonds is 3. The Labute approximate surface area is 121 Å². The number of carbonyl (C=O) groups excluding carboxylic acids is 1. The van der Waals surface area contributed by atoms with Crippen molar-refractivity contribution in [2.75, 3.05) is 0 Å². The second-order valence-corrected chi connectivity index (χ2v) is 4.88. The van der Waals surface area contributed by atoms with Crippen molar-refractivity contribution in [3.05, 3.63) is 47.2 Å². The van der Waals surface area contributed by atoms with Crippen LogP contribution in [0, 0.1) is 13.8 Å². The smallest absolute Gasteiger partial charge is 0.257 e. The lowest BCUT2D eigenvalue weighted by molar-refractivity contribution is 0.0936. The molecule has 0 aliphatic heterocycles. The van der Waals surface area contributed by atoms with E-state index in [1.165, 1.54) is 0 Å². The van der Waals surface area contributed by atoms with E-state index in [2.05, 4.69) is 20.7 Å². The van der Waals surface area contributed by atoms with Gasteiger partial charge in [-0.25, -0.2) is 0 Å². The van der Waals surface area contributed by atoms with Crippen LogP contribution >= 0.6 is 0 Å². The molecule has 7 heteroatoms. The van der Waals surface area contributed by atoms with Crippen LogP contribution < -0.4 is 5.32 Å². The molecule has 0 unspecified atom stereocenters. The minimum absolute atomic E-state index is 0.230. The molecule has 3 aromatic rings. The number of carbonyl (C=O) groups is 1. The molecule has 108 valence electrons. The van der Waals surface area contributed by atoms with Crippen LogP contribution in [-0.2, 0) is 0 Å². The van der Waals surface area contributed by atoms with Crippen molar-refractivity contribution in [1.29, 1.82) is 0 Å². The Kier molecular flexibility index (Phi) is 3.17. The minimum atomic E-state index is -0.288. The summed E-state index contributed by atoms with van der Waals surface area (Å²) in [5.41, 5.74) is 1.78. The zero-order valence-electron chi connectivity index (χ0n) is 12.0. The molecular weight excluding hydrogens is 270 g/mol. The molecule has 3 rings (SSSR count). The van der Waals surface area contributed by atoms with E-state index in [-0.39, 0.29) is 11.9 Å². The van der Waals surface area contributed by atoms with Crippen molar-refractivity contribution in [3.63, 3.8) is 0 Å². The lowest BCUT2D eigenvalue weighted by Gasteiger charge is -2.12. The molecule has 1 N–H and O–H groups in total. The molecule has 3 heterocycles. The van der Waals surface area contributed by atoms with Crippen LogP contribution in [0.2, 0.25) is 0 Å². The molecule has 0 saturated carbocycles. The monoisotopic (exact) mass is 285 g/mol. The summed E-state index contributed by atoms with van der Waals surface area (Å²) in [5, 5.41) is 14.9. The van der Waals surface area contributed by atoms with Gasteiger partial charge in [0.1, 0.15) is 11.3 Å². The molecule has 0 aliphatic carbocycles. The van der Waals surface area contributed by atoms with Gasteiger partial charge in [0, 0.05) is 6.20 Å². The SMILES string of the molecule is Cc1noc(C)c1C(=O)N[C@H](C)c1nnc2ccccn12. The van der Waals surface area contributed by atoms with Crippen molar-refractivity contribution in [1.82, 2.24) is 25.1 Å². The van der Waals surface area contributed by atoms with Gasteiger partial charge in [-0.1, -0.05) is 11.2 Å². The van der Waals surface area contributed by atoms with Crippen LogP contribution in [0.15, 0.2) is 28.9 Å². The van der Waals surface area contributed by atoms with Crippen LogP contribution in [0.5, 0.6) is 0 Å². The average Bonchev–Trinajstić information content (AvgIpc) is 3.02. The van der Waals surface area contributed by atoms with E-state index >= 15 is 0 Å². The van der Waals surface area contributed by atoms with Gasteiger partial charge in [0.15, 0.2) is 11.5 Å². The van der Waals surface area contributed by atoms with E-state index in [1.807, 2.05) is 35.7 Å². The number of nitrogens with one attached hydrogen (secondary N) is 1. The first kappa shape index (κ1) is 13.3. The van der Waals surface area contributed by atoms with Gasteiger partial charge in [0.2, 0.25) is 0 Å². The van der Waals surface area contributed by atoms with Gasteiger partial charge in [-0.2, -0.15) is 0 Å². The highest BCUT2D eigenvalue weighted by Gasteiger charge is 2.21. The minimum Gasteiger partial charge on any atom is -0.361 e. The van der Waals surface area contributed by atoms with E-state index in [0.29, 0.717) is 22.8 Å². The molecule has 3 aromatic heterocycles. The third-order valence-corrected chi connectivity index (χ3v) is 3.34. The van der Waals surface area contributed by atoms with Gasteiger partial charge in [0.05, 0.1) is 11.7 Å². The lowest BCUT2D eigenvalue weighted by atomic mass is 10.2. The fourth-order valence-corrected chi connectivity index (χ4v) is 2.30. The molecule has 7 nitrogen and oxygen atoms in total. The number of aromatic nitrogens is 4. The Hall–Kier alpha value is -2.70. The summed E-state index contributed by atoms with van der Waals surface area (Å²) in [7, 11) is 0. The van der Waals surface area contributed by atoms with Crippen molar-refractivity contribution in [2.45, 2.75) is 26.8 Å². The lowest BCUT2D eigenvalue weighted by Crippen LogP contribution is -2.28. The molecule has 1 amide bonds. The first-order valence-corrected chi connectivity index (χ1v) is 6.61. The highest BCUT2D eigenvalue weighted by molar-refractivity contribution is 5.96. The topological polar surface area (TPSA) is 85.3 Å². The van der Waals surface area contributed by atoms with E-state index in [4.69, 9.17) is 4.52 Å². The summed E-state index contributed by atoms with van der Waals surface area (Å²) in [6, 6.07) is 5.35. The van der Waals surface area contributed by atoms with E-state index < -0.39 is 0 Å². The number of aryl methyl sites for hydroxylation is 2. The summed E-state index contributed by atoms with van der Waals surface area (Å²) in [6.07, 6.45) is 1.86. The molecule has 0 spiro atoms. The third kappa shape index (κ3) is 2.26. The van der Waals surface area contributed by atoms with Crippen LogP contribution in [-0.4, -0.2) is 25.7 Å². The molecule has 1 atom stereocenters. The summed E-state index contributed by atoms with van der Waals surface area (Å²) in [4.78, 5) is 12.3. The average molecular weight is 285 g/mol. The largest absolute Gasteiger partial charge is 0.361 e. The zero-order valence-corrected chi connectivity index (χ0v) is 12.0. The van der Waals surface area contributed by atoms with Gasteiger partial charge in [-0.15, -0.1) is 10.2 Å². The van der Waals surface area contributed by atoms with Crippen LogP contribution in [0.3, 0.4) is 0 Å². The Morgan fingerprint density at radius 3 is 2.86 bits per heavy atom. The summed E-state index contributed by atoms with van der Waals surface area (Å²) < 4.78 is 6.86. The predicted octanol–water partition coefficient (Wildman–Crippen LogP) is 1.83. The van der Waals surface area contributed by atoms with Crippen LogP contribution in [0.25, 0.3) is 5.65 Å². The van der Waals surface area contributed by atoms with E-state index in [1.54, 1.807) is 13.8 Å². The number of hydrogen-bond acceptors (Lipinski definition) is 5.